The fraction of sp³-hybridized carbons (Fsp3) is 0.462. The van der Waals surface area contributed by atoms with Crippen LogP contribution in [0.3, 0.4) is 0 Å². The van der Waals surface area contributed by atoms with E-state index in [-0.39, 0.29) is 0 Å². The molecule has 0 aliphatic carbocycles. The first-order valence-corrected chi connectivity index (χ1v) is 6.66. The summed E-state index contributed by atoms with van der Waals surface area (Å²) in [7, 11) is 1.68. The van der Waals surface area contributed by atoms with Crippen LogP contribution in [-0.2, 0) is 0 Å². The van der Waals surface area contributed by atoms with E-state index >= 15 is 0 Å². The number of aliphatic imine (C=N–C) groups is 1. The van der Waals surface area contributed by atoms with Crippen molar-refractivity contribution in [1.29, 1.82) is 0 Å². The minimum absolute atomic E-state index is 0.310. The van der Waals surface area contributed by atoms with Crippen LogP contribution in [0.4, 0.5) is 5.69 Å². The van der Waals surface area contributed by atoms with Gasteiger partial charge in [0.25, 0.3) is 0 Å². The lowest BCUT2D eigenvalue weighted by molar-refractivity contribution is 0.415. The zero-order chi connectivity index (χ0) is 12.3. The highest BCUT2D eigenvalue weighted by Gasteiger charge is 2.23. The fourth-order valence-corrected chi connectivity index (χ4v) is 2.51. The number of rotatable bonds is 2. The second-order valence-corrected chi connectivity index (χ2v) is 5.90. The standard InChI is InChI=1S/C13H18N2OS/c1-13(2)8-14-12(17-9-13)15-10-5-4-6-11(7-10)16-3/h4-7H,8-9H2,1-3H3,(H,14,15). The van der Waals surface area contributed by atoms with Crippen molar-refractivity contribution >= 4 is 22.6 Å². The highest BCUT2D eigenvalue weighted by molar-refractivity contribution is 8.14. The molecule has 0 unspecified atom stereocenters. The number of hydrogen-bond acceptors (Lipinski definition) is 4. The van der Waals surface area contributed by atoms with Gasteiger partial charge in [-0.2, -0.15) is 0 Å². The van der Waals surface area contributed by atoms with Gasteiger partial charge in [0.1, 0.15) is 5.75 Å². The number of hydrogen-bond donors (Lipinski definition) is 1. The summed E-state index contributed by atoms with van der Waals surface area (Å²) in [4.78, 5) is 4.56. The van der Waals surface area contributed by atoms with E-state index in [9.17, 15) is 0 Å². The van der Waals surface area contributed by atoms with E-state index in [0.717, 1.165) is 28.9 Å². The molecule has 0 fully saturated rings. The molecular weight excluding hydrogens is 232 g/mol. The summed E-state index contributed by atoms with van der Waals surface area (Å²) in [6.45, 7) is 5.37. The Hall–Kier alpha value is -1.16. The van der Waals surface area contributed by atoms with Crippen molar-refractivity contribution in [2.75, 3.05) is 24.7 Å². The molecule has 17 heavy (non-hydrogen) atoms. The Labute approximate surface area is 107 Å². The quantitative estimate of drug-likeness (QED) is 0.875. The van der Waals surface area contributed by atoms with Crippen molar-refractivity contribution in [3.05, 3.63) is 24.3 Å². The summed E-state index contributed by atoms with van der Waals surface area (Å²) in [5, 5.41) is 4.32. The first kappa shape index (κ1) is 12.3. The van der Waals surface area contributed by atoms with Crippen LogP contribution in [0.15, 0.2) is 29.3 Å². The Kier molecular flexibility index (Phi) is 3.62. The topological polar surface area (TPSA) is 33.6 Å². The Morgan fingerprint density at radius 3 is 2.88 bits per heavy atom. The average Bonchev–Trinajstić information content (AvgIpc) is 2.32. The normalized spacial score (nSPS) is 18.4. The molecule has 0 amide bonds. The first-order chi connectivity index (χ1) is 8.09. The largest absolute Gasteiger partial charge is 0.497 e. The van der Waals surface area contributed by atoms with Crippen LogP contribution in [0.25, 0.3) is 0 Å². The molecule has 1 aliphatic rings. The molecule has 1 aromatic rings. The molecule has 0 saturated heterocycles. The van der Waals surface area contributed by atoms with Gasteiger partial charge < -0.3 is 10.1 Å². The Bertz CT molecular complexity index is 429. The first-order valence-electron chi connectivity index (χ1n) is 5.67. The monoisotopic (exact) mass is 250 g/mol. The maximum absolute atomic E-state index is 5.19. The molecule has 0 saturated carbocycles. The second-order valence-electron chi connectivity index (χ2n) is 4.93. The van der Waals surface area contributed by atoms with E-state index < -0.39 is 0 Å². The number of nitrogens with zero attached hydrogens (tertiary/aromatic N) is 1. The molecule has 1 aliphatic heterocycles. The van der Waals surface area contributed by atoms with Gasteiger partial charge in [0.2, 0.25) is 0 Å². The maximum atomic E-state index is 5.19. The zero-order valence-electron chi connectivity index (χ0n) is 10.5. The molecular formula is C13H18N2OS. The number of anilines is 1. The maximum Gasteiger partial charge on any atom is 0.161 e. The SMILES string of the molecule is COc1cccc(NC2=NCC(C)(C)CS2)c1. The zero-order valence-corrected chi connectivity index (χ0v) is 11.3. The molecule has 0 atom stereocenters. The predicted octanol–water partition coefficient (Wildman–Crippen LogP) is 3.24. The van der Waals surface area contributed by atoms with Crippen LogP contribution in [0, 0.1) is 5.41 Å². The molecule has 0 radical (unpaired) electrons. The average molecular weight is 250 g/mol. The molecule has 1 heterocycles. The van der Waals surface area contributed by atoms with Gasteiger partial charge in [-0.25, -0.2) is 0 Å². The minimum Gasteiger partial charge on any atom is -0.497 e. The van der Waals surface area contributed by atoms with E-state index in [0.29, 0.717) is 5.41 Å². The number of benzene rings is 1. The molecule has 1 N–H and O–H groups in total. The Morgan fingerprint density at radius 1 is 1.41 bits per heavy atom. The van der Waals surface area contributed by atoms with Crippen molar-refractivity contribution in [3.63, 3.8) is 0 Å². The van der Waals surface area contributed by atoms with E-state index in [1.54, 1.807) is 18.9 Å². The lowest BCUT2D eigenvalue weighted by Crippen LogP contribution is -2.27. The number of amidine groups is 1. The van der Waals surface area contributed by atoms with Crippen LogP contribution >= 0.6 is 11.8 Å². The Balaban J connectivity index is 2.04. The van der Waals surface area contributed by atoms with Gasteiger partial charge in [0, 0.05) is 24.1 Å². The van der Waals surface area contributed by atoms with Crippen LogP contribution in [-0.4, -0.2) is 24.6 Å². The molecule has 0 bridgehead atoms. The summed E-state index contributed by atoms with van der Waals surface area (Å²) < 4.78 is 5.19. The van der Waals surface area contributed by atoms with Crippen LogP contribution in [0.1, 0.15) is 13.8 Å². The highest BCUT2D eigenvalue weighted by atomic mass is 32.2. The third kappa shape index (κ3) is 3.40. The third-order valence-electron chi connectivity index (χ3n) is 2.57. The van der Waals surface area contributed by atoms with E-state index in [1.807, 2.05) is 24.3 Å². The third-order valence-corrected chi connectivity index (χ3v) is 4.00. The highest BCUT2D eigenvalue weighted by Crippen LogP contribution is 2.28. The molecule has 0 aromatic heterocycles. The summed E-state index contributed by atoms with van der Waals surface area (Å²) in [6.07, 6.45) is 0. The minimum atomic E-state index is 0.310. The lowest BCUT2D eigenvalue weighted by Gasteiger charge is -2.27. The van der Waals surface area contributed by atoms with Crippen molar-refractivity contribution < 1.29 is 4.74 Å². The summed E-state index contributed by atoms with van der Waals surface area (Å²) in [5.74, 6) is 1.96. The van der Waals surface area contributed by atoms with Gasteiger partial charge in [-0.1, -0.05) is 31.7 Å². The number of nitrogens with one attached hydrogen (secondary N) is 1. The van der Waals surface area contributed by atoms with Crippen LogP contribution in [0.2, 0.25) is 0 Å². The summed E-state index contributed by atoms with van der Waals surface area (Å²) in [6, 6.07) is 7.90. The van der Waals surface area contributed by atoms with Gasteiger partial charge in [-0.15, -0.1) is 0 Å². The van der Waals surface area contributed by atoms with Gasteiger partial charge in [-0.3, -0.25) is 4.99 Å². The van der Waals surface area contributed by atoms with Crippen molar-refractivity contribution in [3.8, 4) is 5.75 Å². The molecule has 4 heteroatoms. The summed E-state index contributed by atoms with van der Waals surface area (Å²) >= 11 is 1.78. The van der Waals surface area contributed by atoms with E-state index in [1.165, 1.54) is 0 Å². The van der Waals surface area contributed by atoms with Gasteiger partial charge in [0.05, 0.1) is 7.11 Å². The molecule has 2 rings (SSSR count). The Morgan fingerprint density at radius 2 is 2.24 bits per heavy atom. The molecule has 0 spiro atoms. The summed E-state index contributed by atoms with van der Waals surface area (Å²) in [5.41, 5.74) is 1.33. The van der Waals surface area contributed by atoms with Crippen molar-refractivity contribution in [1.82, 2.24) is 0 Å². The predicted molar refractivity (Wildman–Crippen MR) is 75.2 cm³/mol. The van der Waals surface area contributed by atoms with E-state index in [4.69, 9.17) is 4.74 Å². The molecule has 92 valence electrons. The second kappa shape index (κ2) is 5.00. The number of ether oxygens (including phenoxy) is 1. The smallest absolute Gasteiger partial charge is 0.161 e. The molecule has 3 nitrogen and oxygen atoms in total. The lowest BCUT2D eigenvalue weighted by atomic mass is 9.97. The number of thioether (sulfide) groups is 1. The van der Waals surface area contributed by atoms with Gasteiger partial charge in [0.15, 0.2) is 5.17 Å². The van der Waals surface area contributed by atoms with Gasteiger partial charge in [-0.05, 0) is 17.5 Å². The molecule has 1 aromatic carbocycles. The van der Waals surface area contributed by atoms with Gasteiger partial charge >= 0.3 is 0 Å². The van der Waals surface area contributed by atoms with Crippen LogP contribution < -0.4 is 10.1 Å². The van der Waals surface area contributed by atoms with E-state index in [2.05, 4.69) is 24.2 Å². The van der Waals surface area contributed by atoms with Crippen molar-refractivity contribution in [2.45, 2.75) is 13.8 Å². The fourth-order valence-electron chi connectivity index (χ4n) is 1.54. The van der Waals surface area contributed by atoms with Crippen LogP contribution in [0.5, 0.6) is 5.75 Å². The number of methoxy groups -OCH3 is 1. The van der Waals surface area contributed by atoms with Crippen molar-refractivity contribution in [2.24, 2.45) is 10.4 Å².